The molecule has 2 aromatic rings. The third kappa shape index (κ3) is 1.52. The van der Waals surface area contributed by atoms with Crippen molar-refractivity contribution in [2.75, 3.05) is 0 Å². The molecule has 0 saturated carbocycles. The molecule has 68 valence electrons. The Kier molecular flexibility index (Phi) is 2.30. The molecule has 1 nitrogen and oxygen atoms in total. The Hall–Kier alpha value is -1.66. The lowest BCUT2D eigenvalue weighted by Gasteiger charge is -1.99. The van der Waals surface area contributed by atoms with Crippen molar-refractivity contribution in [3.8, 4) is 16.5 Å². The molecule has 0 saturated heterocycles. The largest absolute Gasteiger partial charge is 0.206 e. The first-order valence-corrected chi connectivity index (χ1v) is 4.93. The Bertz CT molecular complexity index is 482. The molecule has 0 bridgehead atoms. The smallest absolute Gasteiger partial charge is 0.131 e. The Morgan fingerprint density at radius 1 is 1.29 bits per heavy atom. The molecule has 0 spiro atoms. The molecule has 0 atom stereocenters. The minimum absolute atomic E-state index is 0.286. The molecule has 1 heterocycles. The van der Waals surface area contributed by atoms with Crippen LogP contribution in [0, 0.1) is 17.1 Å². The third-order valence-corrected chi connectivity index (χ3v) is 2.79. The lowest BCUT2D eigenvalue weighted by Crippen LogP contribution is -1.83. The Labute approximate surface area is 85.1 Å². The standard InChI is InChI=1S/C11H6FNS/c12-10-4-3-8(7-13)6-9(10)11-2-1-5-14-11/h1-6H. The van der Waals surface area contributed by atoms with Gasteiger partial charge in [0, 0.05) is 10.4 Å². The van der Waals surface area contributed by atoms with E-state index in [0.29, 0.717) is 11.1 Å². The SMILES string of the molecule is N#Cc1ccc(F)c(-c2cccs2)c1. The lowest BCUT2D eigenvalue weighted by atomic mass is 10.1. The van der Waals surface area contributed by atoms with Gasteiger partial charge in [-0.25, -0.2) is 4.39 Å². The van der Waals surface area contributed by atoms with E-state index in [1.165, 1.54) is 23.5 Å². The van der Waals surface area contributed by atoms with Crippen LogP contribution in [0.25, 0.3) is 10.4 Å². The highest BCUT2D eigenvalue weighted by Gasteiger charge is 2.06. The predicted octanol–water partition coefficient (Wildman–Crippen LogP) is 3.43. The van der Waals surface area contributed by atoms with Crippen molar-refractivity contribution in [3.05, 3.63) is 47.1 Å². The fourth-order valence-electron chi connectivity index (χ4n) is 1.22. The molecule has 3 heteroatoms. The van der Waals surface area contributed by atoms with Crippen LogP contribution in [0.5, 0.6) is 0 Å². The van der Waals surface area contributed by atoms with Gasteiger partial charge in [0.15, 0.2) is 0 Å². The van der Waals surface area contributed by atoms with Gasteiger partial charge in [0.25, 0.3) is 0 Å². The van der Waals surface area contributed by atoms with Crippen LogP contribution in [0.15, 0.2) is 35.7 Å². The third-order valence-electron chi connectivity index (χ3n) is 1.88. The number of benzene rings is 1. The highest BCUT2D eigenvalue weighted by molar-refractivity contribution is 7.13. The zero-order chi connectivity index (χ0) is 9.97. The van der Waals surface area contributed by atoms with Crippen molar-refractivity contribution >= 4 is 11.3 Å². The molecule has 14 heavy (non-hydrogen) atoms. The van der Waals surface area contributed by atoms with E-state index >= 15 is 0 Å². The van der Waals surface area contributed by atoms with Crippen LogP contribution in [0.2, 0.25) is 0 Å². The highest BCUT2D eigenvalue weighted by atomic mass is 32.1. The average molecular weight is 203 g/mol. The number of halogens is 1. The number of nitrogens with zero attached hydrogens (tertiary/aromatic N) is 1. The second kappa shape index (κ2) is 3.60. The van der Waals surface area contributed by atoms with E-state index in [2.05, 4.69) is 0 Å². The molecule has 0 aliphatic heterocycles. The molecule has 1 aromatic heterocycles. The van der Waals surface area contributed by atoms with E-state index in [4.69, 9.17) is 5.26 Å². The zero-order valence-electron chi connectivity index (χ0n) is 7.20. The van der Waals surface area contributed by atoms with E-state index in [0.717, 1.165) is 4.88 Å². The molecule has 0 N–H and O–H groups in total. The first kappa shape index (κ1) is 8.92. The Morgan fingerprint density at radius 2 is 2.14 bits per heavy atom. The van der Waals surface area contributed by atoms with Crippen LogP contribution in [-0.4, -0.2) is 0 Å². The summed E-state index contributed by atoms with van der Waals surface area (Å²) in [5.74, 6) is -0.286. The van der Waals surface area contributed by atoms with Crippen molar-refractivity contribution in [2.45, 2.75) is 0 Å². The molecule has 1 aromatic carbocycles. The second-order valence-corrected chi connectivity index (χ2v) is 3.73. The van der Waals surface area contributed by atoms with E-state index in [1.54, 1.807) is 6.07 Å². The van der Waals surface area contributed by atoms with Crippen LogP contribution < -0.4 is 0 Å². The van der Waals surface area contributed by atoms with Gasteiger partial charge in [-0.2, -0.15) is 5.26 Å². The zero-order valence-corrected chi connectivity index (χ0v) is 8.01. The van der Waals surface area contributed by atoms with Gasteiger partial charge in [-0.1, -0.05) is 6.07 Å². The fraction of sp³-hybridized carbons (Fsp3) is 0. The molecule has 0 unspecified atom stereocenters. The summed E-state index contributed by atoms with van der Waals surface area (Å²) in [5, 5.41) is 10.6. The average Bonchev–Trinajstić information content (AvgIpc) is 2.71. The van der Waals surface area contributed by atoms with Gasteiger partial charge in [-0.3, -0.25) is 0 Å². The van der Waals surface area contributed by atoms with E-state index in [1.807, 2.05) is 23.6 Å². The Morgan fingerprint density at radius 3 is 2.79 bits per heavy atom. The van der Waals surface area contributed by atoms with E-state index in [-0.39, 0.29) is 5.82 Å². The quantitative estimate of drug-likeness (QED) is 0.696. The summed E-state index contributed by atoms with van der Waals surface area (Å²) in [7, 11) is 0. The normalized spacial score (nSPS) is 9.71. The summed E-state index contributed by atoms with van der Waals surface area (Å²) in [5.41, 5.74) is 0.980. The molecule has 0 radical (unpaired) electrons. The Balaban J connectivity index is 2.58. The van der Waals surface area contributed by atoms with Gasteiger partial charge in [-0.15, -0.1) is 11.3 Å². The molecule has 0 amide bonds. The van der Waals surface area contributed by atoms with Crippen molar-refractivity contribution in [2.24, 2.45) is 0 Å². The van der Waals surface area contributed by atoms with Crippen molar-refractivity contribution in [1.82, 2.24) is 0 Å². The summed E-state index contributed by atoms with van der Waals surface area (Å²) >= 11 is 1.46. The van der Waals surface area contributed by atoms with Crippen LogP contribution in [-0.2, 0) is 0 Å². The summed E-state index contributed by atoms with van der Waals surface area (Å²) in [6.07, 6.45) is 0. The minimum atomic E-state index is -0.286. The molecule has 0 aliphatic carbocycles. The van der Waals surface area contributed by atoms with E-state index < -0.39 is 0 Å². The van der Waals surface area contributed by atoms with E-state index in [9.17, 15) is 4.39 Å². The number of nitriles is 1. The van der Waals surface area contributed by atoms with Crippen molar-refractivity contribution in [1.29, 1.82) is 5.26 Å². The molecule has 0 aliphatic rings. The minimum Gasteiger partial charge on any atom is -0.206 e. The topological polar surface area (TPSA) is 23.8 Å². The highest BCUT2D eigenvalue weighted by Crippen LogP contribution is 2.27. The van der Waals surface area contributed by atoms with Crippen LogP contribution >= 0.6 is 11.3 Å². The van der Waals surface area contributed by atoms with Crippen LogP contribution in [0.4, 0.5) is 4.39 Å². The van der Waals surface area contributed by atoms with Crippen LogP contribution in [0.1, 0.15) is 5.56 Å². The van der Waals surface area contributed by atoms with Crippen molar-refractivity contribution < 1.29 is 4.39 Å². The monoisotopic (exact) mass is 203 g/mol. The van der Waals surface area contributed by atoms with Gasteiger partial charge in [0.2, 0.25) is 0 Å². The number of thiophene rings is 1. The summed E-state index contributed by atoms with van der Waals surface area (Å²) in [6, 6.07) is 10.1. The molecule has 0 fully saturated rings. The van der Waals surface area contributed by atoms with Gasteiger partial charge >= 0.3 is 0 Å². The molecular formula is C11H6FNS. The number of rotatable bonds is 1. The van der Waals surface area contributed by atoms with Crippen molar-refractivity contribution in [3.63, 3.8) is 0 Å². The van der Waals surface area contributed by atoms with Gasteiger partial charge in [0.05, 0.1) is 11.6 Å². The second-order valence-electron chi connectivity index (χ2n) is 2.78. The maximum Gasteiger partial charge on any atom is 0.131 e. The lowest BCUT2D eigenvalue weighted by molar-refractivity contribution is 0.631. The maximum atomic E-state index is 13.4. The number of hydrogen-bond donors (Lipinski definition) is 0. The first-order chi connectivity index (χ1) is 6.81. The number of hydrogen-bond acceptors (Lipinski definition) is 2. The molecular weight excluding hydrogens is 197 g/mol. The molecule has 2 rings (SSSR count). The summed E-state index contributed by atoms with van der Waals surface area (Å²) in [6.45, 7) is 0. The van der Waals surface area contributed by atoms with Gasteiger partial charge in [-0.05, 0) is 29.6 Å². The van der Waals surface area contributed by atoms with Gasteiger partial charge in [0.1, 0.15) is 5.82 Å². The first-order valence-electron chi connectivity index (χ1n) is 4.05. The predicted molar refractivity (Wildman–Crippen MR) is 54.4 cm³/mol. The fourth-order valence-corrected chi connectivity index (χ4v) is 1.96. The summed E-state index contributed by atoms with van der Waals surface area (Å²) < 4.78 is 13.4. The van der Waals surface area contributed by atoms with Gasteiger partial charge < -0.3 is 0 Å². The summed E-state index contributed by atoms with van der Waals surface area (Å²) in [4.78, 5) is 0.847. The van der Waals surface area contributed by atoms with Crippen LogP contribution in [0.3, 0.4) is 0 Å². The maximum absolute atomic E-state index is 13.4.